The molecule has 2 atom stereocenters. The number of piperidine rings is 1. The molecule has 2 amide bonds. The van der Waals surface area contributed by atoms with Gasteiger partial charge in [-0.1, -0.05) is 43.0 Å². The van der Waals surface area contributed by atoms with Crippen LogP contribution in [0.3, 0.4) is 0 Å². The molecule has 2 aromatic rings. The van der Waals surface area contributed by atoms with Crippen molar-refractivity contribution < 1.29 is 9.59 Å². The van der Waals surface area contributed by atoms with Crippen LogP contribution in [0.25, 0.3) is 0 Å². The number of likely N-dealkylation sites (tertiary alicyclic amines) is 1. The van der Waals surface area contributed by atoms with E-state index in [1.54, 1.807) is 25.3 Å². The smallest absolute Gasteiger partial charge is 0.240 e. The molecule has 9 nitrogen and oxygen atoms in total. The molecule has 0 bridgehead atoms. The number of carbonyl (C=O) groups excluding carboxylic acids is 2. The van der Waals surface area contributed by atoms with Gasteiger partial charge in [-0.2, -0.15) is 5.10 Å². The van der Waals surface area contributed by atoms with Gasteiger partial charge in [0.25, 0.3) is 0 Å². The van der Waals surface area contributed by atoms with E-state index in [4.69, 9.17) is 17.3 Å². The largest absolute Gasteiger partial charge is 0.347 e. The van der Waals surface area contributed by atoms with Crippen LogP contribution in [-0.4, -0.2) is 81.7 Å². The molecule has 5 rings (SSSR count). The first-order valence-corrected chi connectivity index (χ1v) is 16.7. The Morgan fingerprint density at radius 1 is 1.05 bits per heavy atom. The van der Waals surface area contributed by atoms with Crippen LogP contribution in [0.5, 0.6) is 0 Å². The second-order valence-corrected chi connectivity index (χ2v) is 14.0. The molecule has 236 valence electrons. The highest BCUT2D eigenvalue weighted by atomic mass is 35.5. The van der Waals surface area contributed by atoms with Crippen LogP contribution < -0.4 is 11.1 Å². The molecule has 2 saturated carbocycles. The van der Waals surface area contributed by atoms with Crippen molar-refractivity contribution >= 4 is 23.4 Å². The van der Waals surface area contributed by atoms with Gasteiger partial charge in [0.2, 0.25) is 11.8 Å². The zero-order valence-corrected chi connectivity index (χ0v) is 26.7. The SMILES string of the molecule is CN(C)C(=O)C(N)C1CCC(N[C@H](Cc2ccc(Cl)cc2)C(=O)N2CCC(Cn3cncn3)(C3CCCCC3)CC2)CC1. The number of benzene rings is 1. The Labute approximate surface area is 261 Å². The lowest BCUT2D eigenvalue weighted by Crippen LogP contribution is -2.56. The van der Waals surface area contributed by atoms with Crippen molar-refractivity contribution in [3.8, 4) is 0 Å². The molecule has 1 unspecified atom stereocenters. The van der Waals surface area contributed by atoms with E-state index in [1.807, 2.05) is 35.3 Å². The van der Waals surface area contributed by atoms with Crippen molar-refractivity contribution in [2.45, 2.75) is 102 Å². The van der Waals surface area contributed by atoms with E-state index >= 15 is 0 Å². The number of halogens is 1. The summed E-state index contributed by atoms with van der Waals surface area (Å²) >= 11 is 6.17. The number of nitrogens with one attached hydrogen (secondary N) is 1. The Morgan fingerprint density at radius 3 is 2.33 bits per heavy atom. The zero-order chi connectivity index (χ0) is 30.4. The summed E-state index contributed by atoms with van der Waals surface area (Å²) in [7, 11) is 3.52. The molecule has 3 N–H and O–H groups in total. The van der Waals surface area contributed by atoms with Gasteiger partial charge in [-0.05, 0) is 92.7 Å². The predicted molar refractivity (Wildman–Crippen MR) is 169 cm³/mol. The second kappa shape index (κ2) is 14.5. The van der Waals surface area contributed by atoms with Crippen LogP contribution in [0.1, 0.15) is 76.2 Å². The van der Waals surface area contributed by atoms with E-state index in [9.17, 15) is 9.59 Å². The third-order valence-corrected chi connectivity index (χ3v) is 10.8. The molecule has 10 heteroatoms. The van der Waals surface area contributed by atoms with Crippen LogP contribution in [0.15, 0.2) is 36.9 Å². The molecule has 43 heavy (non-hydrogen) atoms. The maximum absolute atomic E-state index is 14.2. The third kappa shape index (κ3) is 7.97. The highest BCUT2D eigenvalue weighted by molar-refractivity contribution is 6.30. The number of hydrogen-bond donors (Lipinski definition) is 2. The normalized spacial score (nSPS) is 24.3. The molecule has 2 heterocycles. The van der Waals surface area contributed by atoms with Gasteiger partial charge < -0.3 is 20.9 Å². The molecule has 2 aliphatic carbocycles. The van der Waals surface area contributed by atoms with Gasteiger partial charge in [0.1, 0.15) is 12.7 Å². The highest BCUT2D eigenvalue weighted by Crippen LogP contribution is 2.47. The van der Waals surface area contributed by atoms with Gasteiger partial charge in [0.15, 0.2) is 0 Å². The maximum Gasteiger partial charge on any atom is 0.240 e. The lowest BCUT2D eigenvalue weighted by Gasteiger charge is -2.48. The standard InChI is InChI=1S/C33H50ClN7O2/c1-39(2)32(43)30(35)25-10-14-28(15-11-25)38-29(20-24-8-12-27(34)13-9-24)31(42)40-18-16-33(17-19-40,21-41-23-36-22-37-41)26-6-4-3-5-7-26/h8-9,12-13,22-23,25-26,28-30,38H,3-7,10-11,14-21,35H2,1-2H3/t25?,28?,29-,30?/m1/s1. The molecule has 1 saturated heterocycles. The summed E-state index contributed by atoms with van der Waals surface area (Å²) in [5.74, 6) is 1.03. The number of likely N-dealkylation sites (N-methyl/N-ethyl adjacent to an activating group) is 1. The third-order valence-electron chi connectivity index (χ3n) is 10.6. The Balaban J connectivity index is 1.25. The summed E-state index contributed by atoms with van der Waals surface area (Å²) < 4.78 is 2.01. The number of carbonyl (C=O) groups is 2. The molecule has 0 radical (unpaired) electrons. The van der Waals surface area contributed by atoms with E-state index < -0.39 is 6.04 Å². The molecule has 3 fully saturated rings. The Hall–Kier alpha value is -2.49. The first kappa shape index (κ1) is 31.9. The van der Waals surface area contributed by atoms with Gasteiger partial charge in [0, 0.05) is 44.8 Å². The van der Waals surface area contributed by atoms with Crippen molar-refractivity contribution in [2.75, 3.05) is 27.2 Å². The van der Waals surface area contributed by atoms with E-state index in [0.717, 1.165) is 63.7 Å². The summed E-state index contributed by atoms with van der Waals surface area (Å²) in [4.78, 5) is 34.6. The predicted octanol–water partition coefficient (Wildman–Crippen LogP) is 4.30. The van der Waals surface area contributed by atoms with Crippen LogP contribution >= 0.6 is 11.6 Å². The first-order valence-electron chi connectivity index (χ1n) is 16.3. The summed E-state index contributed by atoms with van der Waals surface area (Å²) in [5, 5.41) is 8.93. The molecule has 3 aliphatic rings. The number of aromatic nitrogens is 3. The van der Waals surface area contributed by atoms with E-state index in [0.29, 0.717) is 17.4 Å². The van der Waals surface area contributed by atoms with Crippen LogP contribution in [0.4, 0.5) is 0 Å². The average Bonchev–Trinajstić information content (AvgIpc) is 3.54. The number of hydrogen-bond acceptors (Lipinski definition) is 6. The fraction of sp³-hybridized carbons (Fsp3) is 0.697. The number of amides is 2. The minimum absolute atomic E-state index is 0.00887. The van der Waals surface area contributed by atoms with Crippen LogP contribution in [-0.2, 0) is 22.6 Å². The number of nitrogens with zero attached hydrogens (tertiary/aromatic N) is 5. The molecule has 1 aromatic carbocycles. The highest BCUT2D eigenvalue weighted by Gasteiger charge is 2.44. The van der Waals surface area contributed by atoms with E-state index in [-0.39, 0.29) is 35.2 Å². The summed E-state index contributed by atoms with van der Waals surface area (Å²) in [6.07, 6.45) is 16.2. The lowest BCUT2D eigenvalue weighted by atomic mass is 9.63. The van der Waals surface area contributed by atoms with Crippen LogP contribution in [0.2, 0.25) is 5.02 Å². The van der Waals surface area contributed by atoms with Crippen LogP contribution in [0, 0.1) is 17.3 Å². The van der Waals surface area contributed by atoms with Gasteiger partial charge in [-0.15, -0.1) is 0 Å². The Kier molecular flexibility index (Phi) is 10.8. The second-order valence-electron chi connectivity index (χ2n) is 13.5. The average molecular weight is 612 g/mol. The topological polar surface area (TPSA) is 109 Å². The lowest BCUT2D eigenvalue weighted by molar-refractivity contribution is -0.137. The molecule has 1 aromatic heterocycles. The fourth-order valence-corrected chi connectivity index (χ4v) is 8.07. The fourth-order valence-electron chi connectivity index (χ4n) is 7.94. The molecule has 0 spiro atoms. The summed E-state index contributed by atoms with van der Waals surface area (Å²) in [6, 6.07) is 7.30. The number of rotatable bonds is 10. The van der Waals surface area contributed by atoms with Crippen molar-refractivity contribution in [1.29, 1.82) is 0 Å². The van der Waals surface area contributed by atoms with Crippen molar-refractivity contribution in [1.82, 2.24) is 29.9 Å². The zero-order valence-electron chi connectivity index (χ0n) is 26.0. The Morgan fingerprint density at radius 2 is 1.72 bits per heavy atom. The van der Waals surface area contributed by atoms with Gasteiger partial charge in [-0.3, -0.25) is 14.3 Å². The number of nitrogens with two attached hydrogens (primary N) is 1. The van der Waals surface area contributed by atoms with Gasteiger partial charge >= 0.3 is 0 Å². The van der Waals surface area contributed by atoms with Gasteiger partial charge in [-0.25, -0.2) is 4.98 Å². The first-order chi connectivity index (χ1) is 20.7. The van der Waals surface area contributed by atoms with Crippen molar-refractivity contribution in [2.24, 2.45) is 23.0 Å². The van der Waals surface area contributed by atoms with E-state index in [2.05, 4.69) is 20.3 Å². The maximum atomic E-state index is 14.2. The molecular weight excluding hydrogens is 562 g/mol. The Bertz CT molecular complexity index is 1170. The van der Waals surface area contributed by atoms with Crippen molar-refractivity contribution in [3.05, 3.63) is 47.5 Å². The monoisotopic (exact) mass is 611 g/mol. The summed E-state index contributed by atoms with van der Waals surface area (Å²) in [5.41, 5.74) is 7.58. The summed E-state index contributed by atoms with van der Waals surface area (Å²) in [6.45, 7) is 2.43. The van der Waals surface area contributed by atoms with E-state index in [1.165, 1.54) is 32.1 Å². The van der Waals surface area contributed by atoms with Gasteiger partial charge in [0.05, 0.1) is 12.1 Å². The van der Waals surface area contributed by atoms with Crippen molar-refractivity contribution in [3.63, 3.8) is 0 Å². The minimum Gasteiger partial charge on any atom is -0.347 e. The minimum atomic E-state index is -0.460. The molecule has 1 aliphatic heterocycles. The quantitative estimate of drug-likeness (QED) is 0.415. The molecular formula is C33H50ClN7O2.